The van der Waals surface area contributed by atoms with Crippen LogP contribution in [0.2, 0.25) is 0 Å². The van der Waals surface area contributed by atoms with Crippen LogP contribution in [0.3, 0.4) is 0 Å². The molecule has 1 heterocycles. The number of aromatic nitrogens is 3. The first kappa shape index (κ1) is 12.1. The van der Waals surface area contributed by atoms with Gasteiger partial charge in [-0.1, -0.05) is 5.21 Å². The van der Waals surface area contributed by atoms with Gasteiger partial charge < -0.3 is 4.74 Å². The molecule has 0 saturated heterocycles. The molecule has 1 fully saturated rings. The molecule has 0 atom stereocenters. The van der Waals surface area contributed by atoms with E-state index in [1.165, 1.54) is 12.8 Å². The van der Waals surface area contributed by atoms with E-state index in [0.29, 0.717) is 6.42 Å². The maximum absolute atomic E-state index is 8.77. The van der Waals surface area contributed by atoms with Gasteiger partial charge in [-0.05, 0) is 31.6 Å². The number of aryl methyl sites for hydroxylation is 1. The first-order valence-electron chi connectivity index (χ1n) is 6.12. The van der Waals surface area contributed by atoms with Gasteiger partial charge in [-0.2, -0.15) is 5.26 Å². The minimum Gasteiger partial charge on any atom is -0.385 e. The lowest BCUT2D eigenvalue weighted by atomic mass is 10.1. The van der Waals surface area contributed by atoms with E-state index in [1.54, 1.807) is 7.11 Å². The number of rotatable bonds is 7. The van der Waals surface area contributed by atoms with Crippen molar-refractivity contribution in [2.75, 3.05) is 13.7 Å². The van der Waals surface area contributed by atoms with Crippen molar-refractivity contribution in [1.82, 2.24) is 15.0 Å². The van der Waals surface area contributed by atoms with Gasteiger partial charge in [-0.15, -0.1) is 5.10 Å². The highest BCUT2D eigenvalue weighted by atomic mass is 16.5. The van der Waals surface area contributed by atoms with Gasteiger partial charge in [0, 0.05) is 20.3 Å². The molecule has 1 aliphatic rings. The molecule has 1 aromatic heterocycles. The summed E-state index contributed by atoms with van der Waals surface area (Å²) in [6, 6.07) is 2.16. The molecule has 0 amide bonds. The Morgan fingerprint density at radius 1 is 1.53 bits per heavy atom. The Hall–Kier alpha value is -1.41. The molecule has 1 aliphatic carbocycles. The Bertz CT molecular complexity index is 403. The highest BCUT2D eigenvalue weighted by Gasteiger charge is 2.25. The number of ether oxygens (including phenoxy) is 1. The second kappa shape index (κ2) is 5.78. The average molecular weight is 234 g/mol. The van der Waals surface area contributed by atoms with Crippen molar-refractivity contribution in [3.05, 3.63) is 11.4 Å². The van der Waals surface area contributed by atoms with Gasteiger partial charge in [0.15, 0.2) is 0 Å². The lowest BCUT2D eigenvalue weighted by Crippen LogP contribution is -2.09. The number of nitrogens with zero attached hydrogens (tertiary/aromatic N) is 4. The van der Waals surface area contributed by atoms with E-state index in [1.807, 2.05) is 4.68 Å². The van der Waals surface area contributed by atoms with Crippen LogP contribution < -0.4 is 0 Å². The molecule has 5 heteroatoms. The largest absolute Gasteiger partial charge is 0.385 e. The second-order valence-corrected chi connectivity index (χ2v) is 4.53. The van der Waals surface area contributed by atoms with Crippen LogP contribution in [0, 0.1) is 17.2 Å². The van der Waals surface area contributed by atoms with Crippen LogP contribution in [0.5, 0.6) is 0 Å². The SMILES string of the molecule is COCCCn1nnc(CC#N)c1CC1CC1. The zero-order chi connectivity index (χ0) is 12.1. The lowest BCUT2D eigenvalue weighted by molar-refractivity contribution is 0.188. The summed E-state index contributed by atoms with van der Waals surface area (Å²) < 4.78 is 6.99. The highest BCUT2D eigenvalue weighted by molar-refractivity contribution is 5.16. The molecule has 92 valence electrons. The summed E-state index contributed by atoms with van der Waals surface area (Å²) in [5, 5.41) is 17.0. The van der Waals surface area contributed by atoms with Gasteiger partial charge in [-0.25, -0.2) is 4.68 Å². The van der Waals surface area contributed by atoms with Crippen molar-refractivity contribution in [2.24, 2.45) is 5.92 Å². The van der Waals surface area contributed by atoms with Gasteiger partial charge in [-0.3, -0.25) is 0 Å². The highest BCUT2D eigenvalue weighted by Crippen LogP contribution is 2.33. The second-order valence-electron chi connectivity index (χ2n) is 4.53. The molecule has 17 heavy (non-hydrogen) atoms. The molecular weight excluding hydrogens is 216 g/mol. The summed E-state index contributed by atoms with van der Waals surface area (Å²) in [6.07, 6.45) is 4.93. The van der Waals surface area contributed by atoms with Crippen molar-refractivity contribution >= 4 is 0 Å². The van der Waals surface area contributed by atoms with E-state index >= 15 is 0 Å². The van der Waals surface area contributed by atoms with Crippen molar-refractivity contribution in [2.45, 2.75) is 38.6 Å². The van der Waals surface area contributed by atoms with Crippen LogP contribution in [-0.4, -0.2) is 28.7 Å². The zero-order valence-corrected chi connectivity index (χ0v) is 10.2. The van der Waals surface area contributed by atoms with Gasteiger partial charge in [0.1, 0.15) is 0 Å². The minimum atomic E-state index is 0.367. The van der Waals surface area contributed by atoms with Gasteiger partial charge >= 0.3 is 0 Å². The summed E-state index contributed by atoms with van der Waals surface area (Å²) in [6.45, 7) is 1.56. The zero-order valence-electron chi connectivity index (χ0n) is 10.2. The van der Waals surface area contributed by atoms with Crippen LogP contribution >= 0.6 is 0 Å². The van der Waals surface area contributed by atoms with E-state index in [2.05, 4.69) is 16.4 Å². The predicted octanol–water partition coefficient (Wildman–Crippen LogP) is 1.33. The Balaban J connectivity index is 2.04. The average Bonchev–Trinajstić information content (AvgIpc) is 3.06. The smallest absolute Gasteiger partial charge is 0.0999 e. The third-order valence-corrected chi connectivity index (χ3v) is 3.06. The molecule has 2 rings (SSSR count). The third-order valence-electron chi connectivity index (χ3n) is 3.06. The third kappa shape index (κ3) is 3.27. The molecule has 0 aromatic carbocycles. The fourth-order valence-electron chi connectivity index (χ4n) is 1.94. The Morgan fingerprint density at radius 3 is 3.00 bits per heavy atom. The summed E-state index contributed by atoms with van der Waals surface area (Å²) in [7, 11) is 1.70. The van der Waals surface area contributed by atoms with Crippen LogP contribution in [-0.2, 0) is 24.1 Å². The molecule has 1 aromatic rings. The predicted molar refractivity (Wildman–Crippen MR) is 62.3 cm³/mol. The Kier molecular flexibility index (Phi) is 4.10. The molecular formula is C12H18N4O. The molecule has 5 nitrogen and oxygen atoms in total. The number of methoxy groups -OCH3 is 1. The molecule has 0 bridgehead atoms. The summed E-state index contributed by atoms with van der Waals surface area (Å²) in [4.78, 5) is 0. The van der Waals surface area contributed by atoms with E-state index in [4.69, 9.17) is 10.00 Å². The summed E-state index contributed by atoms with van der Waals surface area (Å²) in [5.74, 6) is 0.784. The Labute approximate surface area is 101 Å². The summed E-state index contributed by atoms with van der Waals surface area (Å²) >= 11 is 0. The van der Waals surface area contributed by atoms with Crippen LogP contribution in [0.15, 0.2) is 0 Å². The van der Waals surface area contributed by atoms with Crippen molar-refractivity contribution < 1.29 is 4.74 Å². The quantitative estimate of drug-likeness (QED) is 0.668. The van der Waals surface area contributed by atoms with E-state index < -0.39 is 0 Å². The number of hydrogen-bond donors (Lipinski definition) is 0. The minimum absolute atomic E-state index is 0.367. The topological polar surface area (TPSA) is 63.7 Å². The molecule has 1 saturated carbocycles. The molecule has 0 N–H and O–H groups in total. The van der Waals surface area contributed by atoms with Gasteiger partial charge in [0.2, 0.25) is 0 Å². The normalized spacial score (nSPS) is 14.8. The van der Waals surface area contributed by atoms with Crippen LogP contribution in [0.1, 0.15) is 30.7 Å². The Morgan fingerprint density at radius 2 is 2.35 bits per heavy atom. The van der Waals surface area contributed by atoms with Gasteiger partial charge in [0.25, 0.3) is 0 Å². The van der Waals surface area contributed by atoms with Crippen molar-refractivity contribution in [3.8, 4) is 6.07 Å². The first-order chi connectivity index (χ1) is 8.35. The van der Waals surface area contributed by atoms with Crippen molar-refractivity contribution in [3.63, 3.8) is 0 Å². The number of hydrogen-bond acceptors (Lipinski definition) is 4. The first-order valence-corrected chi connectivity index (χ1v) is 6.12. The van der Waals surface area contributed by atoms with E-state index in [9.17, 15) is 0 Å². The molecule has 0 spiro atoms. The van der Waals surface area contributed by atoms with E-state index in [0.717, 1.165) is 43.3 Å². The molecule has 0 aliphatic heterocycles. The van der Waals surface area contributed by atoms with Crippen LogP contribution in [0.4, 0.5) is 0 Å². The molecule has 0 radical (unpaired) electrons. The number of nitriles is 1. The summed E-state index contributed by atoms with van der Waals surface area (Å²) in [5.41, 5.74) is 2.02. The maximum atomic E-state index is 8.77. The van der Waals surface area contributed by atoms with E-state index in [-0.39, 0.29) is 0 Å². The lowest BCUT2D eigenvalue weighted by Gasteiger charge is -2.06. The van der Waals surface area contributed by atoms with Crippen molar-refractivity contribution in [1.29, 1.82) is 5.26 Å². The standard InChI is InChI=1S/C12H18N4O/c1-17-8-2-7-16-12(9-10-3-4-10)11(5-6-13)14-15-16/h10H,2-5,7-9H2,1H3. The monoisotopic (exact) mass is 234 g/mol. The maximum Gasteiger partial charge on any atom is 0.0999 e. The fraction of sp³-hybridized carbons (Fsp3) is 0.750. The van der Waals surface area contributed by atoms with Gasteiger partial charge in [0.05, 0.1) is 23.9 Å². The molecule has 0 unspecified atom stereocenters. The van der Waals surface area contributed by atoms with Crippen LogP contribution in [0.25, 0.3) is 0 Å². The fourth-order valence-corrected chi connectivity index (χ4v) is 1.94.